The number of nitrogens with zero attached hydrogens (tertiary/aromatic N) is 1. The summed E-state index contributed by atoms with van der Waals surface area (Å²) in [5.41, 5.74) is 2.51. The summed E-state index contributed by atoms with van der Waals surface area (Å²) in [4.78, 5) is 53.3. The Morgan fingerprint density at radius 2 is 1.41 bits per heavy atom. The Kier molecular flexibility index (Phi) is 8.26. The number of ether oxygens (including phenoxy) is 1. The van der Waals surface area contributed by atoms with Crippen molar-refractivity contribution in [1.29, 1.82) is 0 Å². The number of nitrogens with one attached hydrogen (secondary N) is 2. The van der Waals surface area contributed by atoms with Crippen LogP contribution in [0.3, 0.4) is 0 Å². The Hall–Kier alpha value is -5.15. The fraction of sp³-hybridized carbons (Fsp3) is 0.0625. The maximum atomic E-state index is 13.3. The Morgan fingerprint density at radius 3 is 2.02 bits per heavy atom. The lowest BCUT2D eigenvalue weighted by molar-refractivity contribution is -0.113. The minimum Gasteiger partial charge on any atom is -0.497 e. The van der Waals surface area contributed by atoms with Gasteiger partial charge in [0.05, 0.1) is 24.1 Å². The molecule has 2 N–H and O–H groups in total. The number of thioether (sulfide) groups is 1. The van der Waals surface area contributed by atoms with Gasteiger partial charge in [-0.1, -0.05) is 42.5 Å². The third-order valence-electron chi connectivity index (χ3n) is 6.31. The van der Waals surface area contributed by atoms with Gasteiger partial charge in [0.25, 0.3) is 23.6 Å². The van der Waals surface area contributed by atoms with Crippen LogP contribution in [0.25, 0.3) is 6.08 Å². The molecule has 0 aromatic heterocycles. The standard InChI is InChI=1S/C32H25N3O5S/c1-40-24-15-11-21(12-16-24)19-28(34-29(36)22-7-3-2-4-8-22)30(37)33-23-13-17-25(18-14-23)41-20-35-31(38)26-9-5-6-10-27(26)32(35)39/h2-19H,20H2,1H3,(H,33,37)(H,34,36)/b28-19-. The van der Waals surface area contributed by atoms with E-state index in [9.17, 15) is 19.2 Å². The first-order chi connectivity index (χ1) is 19.9. The minimum absolute atomic E-state index is 0.0631. The number of benzene rings is 4. The third-order valence-corrected chi connectivity index (χ3v) is 7.30. The van der Waals surface area contributed by atoms with E-state index in [-0.39, 0.29) is 23.4 Å². The summed E-state index contributed by atoms with van der Waals surface area (Å²) in [6, 6.07) is 29.5. The van der Waals surface area contributed by atoms with Crippen LogP contribution >= 0.6 is 11.8 Å². The lowest BCUT2D eigenvalue weighted by Gasteiger charge is -2.14. The molecule has 4 aromatic rings. The molecule has 0 saturated heterocycles. The molecule has 0 bridgehead atoms. The molecule has 9 heteroatoms. The number of carbonyl (C=O) groups is 4. The molecule has 0 radical (unpaired) electrons. The zero-order valence-electron chi connectivity index (χ0n) is 22.0. The van der Waals surface area contributed by atoms with Gasteiger partial charge in [-0.15, -0.1) is 11.8 Å². The number of imide groups is 1. The van der Waals surface area contributed by atoms with E-state index in [1.165, 1.54) is 16.7 Å². The Morgan fingerprint density at radius 1 is 0.805 bits per heavy atom. The molecule has 8 nitrogen and oxygen atoms in total. The van der Waals surface area contributed by atoms with Crippen LogP contribution in [-0.4, -0.2) is 41.5 Å². The summed E-state index contributed by atoms with van der Waals surface area (Å²) >= 11 is 1.33. The molecule has 41 heavy (non-hydrogen) atoms. The first kappa shape index (κ1) is 27.4. The molecule has 204 valence electrons. The van der Waals surface area contributed by atoms with Gasteiger partial charge in [-0.3, -0.25) is 24.1 Å². The number of hydrogen-bond donors (Lipinski definition) is 2. The van der Waals surface area contributed by atoms with Crippen molar-refractivity contribution in [2.45, 2.75) is 4.90 Å². The molecule has 4 amide bonds. The van der Waals surface area contributed by atoms with Crippen LogP contribution in [0.4, 0.5) is 5.69 Å². The first-order valence-electron chi connectivity index (χ1n) is 12.6. The number of rotatable bonds is 9. The van der Waals surface area contributed by atoms with Crippen molar-refractivity contribution in [3.63, 3.8) is 0 Å². The van der Waals surface area contributed by atoms with Gasteiger partial charge < -0.3 is 15.4 Å². The molecule has 0 atom stereocenters. The molecular formula is C32H25N3O5S. The van der Waals surface area contributed by atoms with Crippen molar-refractivity contribution in [3.05, 3.63) is 131 Å². The second-order valence-corrected chi connectivity index (χ2v) is 10.0. The number of methoxy groups -OCH3 is 1. The van der Waals surface area contributed by atoms with Crippen LogP contribution in [0.2, 0.25) is 0 Å². The molecule has 5 rings (SSSR count). The zero-order valence-corrected chi connectivity index (χ0v) is 22.8. The van der Waals surface area contributed by atoms with E-state index in [0.717, 1.165) is 4.90 Å². The maximum absolute atomic E-state index is 13.3. The van der Waals surface area contributed by atoms with Crippen LogP contribution in [0, 0.1) is 0 Å². The van der Waals surface area contributed by atoms with Crippen molar-refractivity contribution in [3.8, 4) is 5.75 Å². The number of carbonyl (C=O) groups excluding carboxylic acids is 4. The van der Waals surface area contributed by atoms with E-state index in [0.29, 0.717) is 33.7 Å². The highest BCUT2D eigenvalue weighted by Crippen LogP contribution is 2.28. The second-order valence-electron chi connectivity index (χ2n) is 8.99. The van der Waals surface area contributed by atoms with E-state index in [4.69, 9.17) is 4.74 Å². The van der Waals surface area contributed by atoms with E-state index in [1.807, 2.05) is 0 Å². The van der Waals surface area contributed by atoms with E-state index < -0.39 is 11.8 Å². The van der Waals surface area contributed by atoms with Crippen LogP contribution < -0.4 is 15.4 Å². The number of fused-ring (bicyclic) bond motifs is 1. The number of hydrogen-bond acceptors (Lipinski definition) is 6. The topological polar surface area (TPSA) is 105 Å². The van der Waals surface area contributed by atoms with Crippen LogP contribution in [0.15, 0.2) is 114 Å². The summed E-state index contributed by atoms with van der Waals surface area (Å²) < 4.78 is 5.20. The van der Waals surface area contributed by atoms with Gasteiger partial charge in [-0.25, -0.2) is 0 Å². The van der Waals surface area contributed by atoms with E-state index in [2.05, 4.69) is 10.6 Å². The molecule has 1 aliphatic heterocycles. The van der Waals surface area contributed by atoms with Gasteiger partial charge in [-0.05, 0) is 72.3 Å². The van der Waals surface area contributed by atoms with E-state index in [1.54, 1.807) is 116 Å². The number of amides is 4. The highest BCUT2D eigenvalue weighted by Gasteiger charge is 2.34. The molecule has 0 spiro atoms. The zero-order chi connectivity index (χ0) is 28.8. The summed E-state index contributed by atoms with van der Waals surface area (Å²) in [6.45, 7) is 0. The fourth-order valence-electron chi connectivity index (χ4n) is 4.14. The monoisotopic (exact) mass is 563 g/mol. The third kappa shape index (κ3) is 6.37. The van der Waals surface area contributed by atoms with Crippen LogP contribution in [0.1, 0.15) is 36.6 Å². The molecule has 0 unspecified atom stereocenters. The molecular weight excluding hydrogens is 538 g/mol. The predicted molar refractivity (Wildman–Crippen MR) is 158 cm³/mol. The number of anilines is 1. The van der Waals surface area contributed by atoms with Crippen molar-refractivity contribution in [2.75, 3.05) is 18.3 Å². The van der Waals surface area contributed by atoms with Crippen LogP contribution in [-0.2, 0) is 4.79 Å². The fourth-order valence-corrected chi connectivity index (χ4v) is 4.98. The van der Waals surface area contributed by atoms with Gasteiger partial charge in [0, 0.05) is 16.1 Å². The average Bonchev–Trinajstić information content (AvgIpc) is 3.25. The van der Waals surface area contributed by atoms with Crippen molar-refractivity contribution >= 4 is 47.2 Å². The highest BCUT2D eigenvalue weighted by atomic mass is 32.2. The molecule has 4 aromatic carbocycles. The Balaban J connectivity index is 1.26. The SMILES string of the molecule is COc1ccc(/C=C(\NC(=O)c2ccccc2)C(=O)Nc2ccc(SCN3C(=O)c4ccccc4C3=O)cc2)cc1. The largest absolute Gasteiger partial charge is 0.497 e. The van der Waals surface area contributed by atoms with Crippen molar-refractivity contribution < 1.29 is 23.9 Å². The molecule has 0 aliphatic carbocycles. The summed E-state index contributed by atoms with van der Waals surface area (Å²) in [5.74, 6) is -0.705. The van der Waals surface area contributed by atoms with Crippen LogP contribution in [0.5, 0.6) is 5.75 Å². The van der Waals surface area contributed by atoms with Gasteiger partial charge in [0.15, 0.2) is 0 Å². The smallest absolute Gasteiger partial charge is 0.272 e. The van der Waals surface area contributed by atoms with E-state index >= 15 is 0 Å². The molecule has 1 aliphatic rings. The van der Waals surface area contributed by atoms with Crippen molar-refractivity contribution in [2.24, 2.45) is 0 Å². The molecule has 1 heterocycles. The minimum atomic E-state index is -0.503. The quantitative estimate of drug-likeness (QED) is 0.159. The molecule has 0 saturated carbocycles. The molecule has 0 fully saturated rings. The van der Waals surface area contributed by atoms with Gasteiger partial charge in [0.2, 0.25) is 0 Å². The van der Waals surface area contributed by atoms with Crippen molar-refractivity contribution in [1.82, 2.24) is 10.2 Å². The first-order valence-corrected chi connectivity index (χ1v) is 13.6. The van der Waals surface area contributed by atoms with Gasteiger partial charge >= 0.3 is 0 Å². The lowest BCUT2D eigenvalue weighted by atomic mass is 10.1. The predicted octanol–water partition coefficient (Wildman–Crippen LogP) is 5.45. The average molecular weight is 564 g/mol. The summed E-state index contributed by atoms with van der Waals surface area (Å²) in [7, 11) is 1.57. The summed E-state index contributed by atoms with van der Waals surface area (Å²) in [6.07, 6.45) is 1.59. The second kappa shape index (κ2) is 12.4. The normalized spacial score (nSPS) is 12.6. The highest BCUT2D eigenvalue weighted by molar-refractivity contribution is 7.99. The maximum Gasteiger partial charge on any atom is 0.272 e. The summed E-state index contributed by atoms with van der Waals surface area (Å²) in [5, 5.41) is 5.53. The van der Waals surface area contributed by atoms with Gasteiger partial charge in [0.1, 0.15) is 11.4 Å². The van der Waals surface area contributed by atoms with Gasteiger partial charge in [-0.2, -0.15) is 0 Å². The Bertz CT molecular complexity index is 1600. The lowest BCUT2D eigenvalue weighted by Crippen LogP contribution is -2.30. The Labute approximate surface area is 241 Å².